The third-order valence-electron chi connectivity index (χ3n) is 5.74. The molecule has 0 radical (unpaired) electrons. The van der Waals surface area contributed by atoms with Crippen LogP contribution < -0.4 is 10.2 Å². The average Bonchev–Trinajstić information content (AvgIpc) is 2.70. The standard InChI is InChI=1S/C27H38ClN3O2/c1-18(2)19(3)31(25(32)16-27(4,5)6)17-20-15-21(13-14-24(20)30(7)8)29-26(33)22-11-9-10-12-23(22)28/h9-15,18-19H,16-17H2,1-8H3,(H,29,33)/t19-/m0/s1. The van der Waals surface area contributed by atoms with Crippen molar-refractivity contribution in [3.63, 3.8) is 0 Å². The first-order valence-corrected chi connectivity index (χ1v) is 11.8. The number of hydrogen-bond donors (Lipinski definition) is 1. The van der Waals surface area contributed by atoms with Crippen molar-refractivity contribution in [1.29, 1.82) is 0 Å². The summed E-state index contributed by atoms with van der Waals surface area (Å²) in [6.07, 6.45) is 0.476. The predicted octanol–water partition coefficient (Wildman–Crippen LogP) is 6.47. The van der Waals surface area contributed by atoms with Crippen LogP contribution in [0.4, 0.5) is 11.4 Å². The van der Waals surface area contributed by atoms with Gasteiger partial charge in [-0.05, 0) is 54.2 Å². The minimum atomic E-state index is -0.264. The van der Waals surface area contributed by atoms with E-state index >= 15 is 0 Å². The van der Waals surface area contributed by atoms with Crippen LogP contribution in [0.5, 0.6) is 0 Å². The Hall–Kier alpha value is -2.53. The molecule has 0 aliphatic heterocycles. The van der Waals surface area contributed by atoms with Crippen LogP contribution in [0.25, 0.3) is 0 Å². The van der Waals surface area contributed by atoms with Gasteiger partial charge in [-0.3, -0.25) is 9.59 Å². The van der Waals surface area contributed by atoms with E-state index in [0.717, 1.165) is 11.3 Å². The fraction of sp³-hybridized carbons (Fsp3) is 0.481. The van der Waals surface area contributed by atoms with E-state index in [1.807, 2.05) is 42.1 Å². The number of carbonyl (C=O) groups excluding carboxylic acids is 2. The largest absolute Gasteiger partial charge is 0.377 e. The molecule has 1 N–H and O–H groups in total. The van der Waals surface area contributed by atoms with Gasteiger partial charge in [0.05, 0.1) is 10.6 Å². The summed E-state index contributed by atoms with van der Waals surface area (Å²) in [7, 11) is 3.96. The molecule has 5 nitrogen and oxygen atoms in total. The quantitative estimate of drug-likeness (QED) is 0.480. The lowest BCUT2D eigenvalue weighted by atomic mass is 9.90. The summed E-state index contributed by atoms with van der Waals surface area (Å²) in [5.74, 6) is 0.194. The zero-order valence-electron chi connectivity index (χ0n) is 21.2. The topological polar surface area (TPSA) is 52.7 Å². The van der Waals surface area contributed by atoms with Crippen molar-refractivity contribution in [1.82, 2.24) is 4.90 Å². The van der Waals surface area contributed by atoms with Crippen LogP contribution in [0.2, 0.25) is 5.02 Å². The molecule has 0 aliphatic rings. The van der Waals surface area contributed by atoms with Crippen LogP contribution in [0.3, 0.4) is 0 Å². The normalized spacial score (nSPS) is 12.4. The fourth-order valence-electron chi connectivity index (χ4n) is 3.63. The highest BCUT2D eigenvalue weighted by Gasteiger charge is 2.27. The summed E-state index contributed by atoms with van der Waals surface area (Å²) in [5, 5.41) is 3.36. The molecule has 1 atom stereocenters. The molecule has 2 amide bonds. The number of carbonyl (C=O) groups is 2. The molecule has 0 fully saturated rings. The Morgan fingerprint density at radius 3 is 2.21 bits per heavy atom. The summed E-state index contributed by atoms with van der Waals surface area (Å²) in [6, 6.07) is 12.9. The van der Waals surface area contributed by atoms with E-state index in [0.29, 0.717) is 35.2 Å². The number of benzene rings is 2. The van der Waals surface area contributed by atoms with Gasteiger partial charge in [0.1, 0.15) is 0 Å². The molecule has 0 aromatic heterocycles. The van der Waals surface area contributed by atoms with Gasteiger partial charge in [-0.2, -0.15) is 0 Å². The minimum Gasteiger partial charge on any atom is -0.377 e. The maximum atomic E-state index is 13.3. The molecule has 2 aromatic rings. The van der Waals surface area contributed by atoms with Crippen LogP contribution in [-0.4, -0.2) is 36.9 Å². The minimum absolute atomic E-state index is 0.0798. The van der Waals surface area contributed by atoms with Gasteiger partial charge < -0.3 is 15.1 Å². The molecular weight excluding hydrogens is 434 g/mol. The van der Waals surface area contributed by atoms with Crippen LogP contribution in [0.15, 0.2) is 42.5 Å². The van der Waals surface area contributed by atoms with E-state index in [9.17, 15) is 9.59 Å². The number of amides is 2. The Bertz CT molecular complexity index is 980. The monoisotopic (exact) mass is 471 g/mol. The van der Waals surface area contributed by atoms with Crippen molar-refractivity contribution >= 4 is 34.8 Å². The first kappa shape index (κ1) is 26.7. The third kappa shape index (κ3) is 7.50. The highest BCUT2D eigenvalue weighted by molar-refractivity contribution is 6.34. The first-order valence-electron chi connectivity index (χ1n) is 11.5. The molecule has 33 heavy (non-hydrogen) atoms. The molecule has 0 unspecified atom stereocenters. The number of anilines is 2. The Labute approximate surface area is 204 Å². The number of hydrogen-bond acceptors (Lipinski definition) is 3. The number of nitrogens with zero attached hydrogens (tertiary/aromatic N) is 2. The lowest BCUT2D eigenvalue weighted by Crippen LogP contribution is -2.42. The molecule has 2 aromatic carbocycles. The first-order chi connectivity index (χ1) is 15.3. The van der Waals surface area contributed by atoms with Crippen molar-refractivity contribution in [2.45, 2.75) is 60.5 Å². The van der Waals surface area contributed by atoms with Gasteiger partial charge in [-0.15, -0.1) is 0 Å². The number of nitrogens with one attached hydrogen (secondary N) is 1. The predicted molar refractivity (Wildman–Crippen MR) is 139 cm³/mol. The van der Waals surface area contributed by atoms with E-state index in [1.54, 1.807) is 24.3 Å². The Morgan fingerprint density at radius 1 is 1.03 bits per heavy atom. The van der Waals surface area contributed by atoms with Crippen LogP contribution in [-0.2, 0) is 11.3 Å². The second-order valence-electron chi connectivity index (χ2n) is 10.4. The lowest BCUT2D eigenvalue weighted by molar-refractivity contribution is -0.136. The maximum Gasteiger partial charge on any atom is 0.257 e. The van der Waals surface area contributed by atoms with E-state index in [-0.39, 0.29) is 23.3 Å². The molecule has 0 saturated carbocycles. The van der Waals surface area contributed by atoms with Gasteiger partial charge in [0.15, 0.2) is 0 Å². The molecule has 0 aliphatic carbocycles. The van der Waals surface area contributed by atoms with Crippen molar-refractivity contribution in [2.24, 2.45) is 11.3 Å². The van der Waals surface area contributed by atoms with E-state index in [4.69, 9.17) is 11.6 Å². The van der Waals surface area contributed by atoms with Crippen molar-refractivity contribution in [3.05, 3.63) is 58.6 Å². The highest BCUT2D eigenvalue weighted by atomic mass is 35.5. The van der Waals surface area contributed by atoms with Crippen LogP contribution in [0.1, 0.15) is 63.9 Å². The zero-order chi connectivity index (χ0) is 24.9. The molecule has 2 rings (SSSR count). The summed E-state index contributed by atoms with van der Waals surface area (Å²) in [5.41, 5.74) is 2.98. The summed E-state index contributed by atoms with van der Waals surface area (Å²) in [6.45, 7) is 13.1. The number of halogens is 1. The Morgan fingerprint density at radius 2 is 1.67 bits per heavy atom. The van der Waals surface area contributed by atoms with E-state index < -0.39 is 0 Å². The highest BCUT2D eigenvalue weighted by Crippen LogP contribution is 2.29. The zero-order valence-corrected chi connectivity index (χ0v) is 22.0. The second-order valence-corrected chi connectivity index (χ2v) is 10.8. The lowest BCUT2D eigenvalue weighted by Gasteiger charge is -2.35. The molecule has 6 heteroatoms. The molecule has 0 saturated heterocycles. The second kappa shape index (κ2) is 11.1. The van der Waals surface area contributed by atoms with Crippen LogP contribution in [0, 0.1) is 11.3 Å². The fourth-order valence-corrected chi connectivity index (χ4v) is 3.85. The third-order valence-corrected chi connectivity index (χ3v) is 6.07. The Balaban J connectivity index is 2.39. The van der Waals surface area contributed by atoms with Gasteiger partial charge in [-0.25, -0.2) is 0 Å². The van der Waals surface area contributed by atoms with Gasteiger partial charge in [0.2, 0.25) is 5.91 Å². The molecule has 0 spiro atoms. The maximum absolute atomic E-state index is 13.3. The summed E-state index contributed by atoms with van der Waals surface area (Å²) < 4.78 is 0. The van der Waals surface area contributed by atoms with Crippen molar-refractivity contribution < 1.29 is 9.59 Å². The van der Waals surface area contributed by atoms with Gasteiger partial charge >= 0.3 is 0 Å². The van der Waals surface area contributed by atoms with Gasteiger partial charge in [0.25, 0.3) is 5.91 Å². The summed E-state index contributed by atoms with van der Waals surface area (Å²) >= 11 is 6.19. The average molecular weight is 472 g/mol. The Kier molecular flexibility index (Phi) is 8.96. The SMILES string of the molecule is CC(C)[C@H](C)N(Cc1cc(NC(=O)c2ccccc2Cl)ccc1N(C)C)C(=O)CC(C)(C)C. The molecule has 0 heterocycles. The van der Waals surface area contributed by atoms with Gasteiger partial charge in [-0.1, -0.05) is 58.4 Å². The molecule has 180 valence electrons. The van der Waals surface area contributed by atoms with E-state index in [2.05, 4.69) is 46.9 Å². The molecule has 0 bridgehead atoms. The number of rotatable bonds is 8. The van der Waals surface area contributed by atoms with Crippen LogP contribution >= 0.6 is 11.6 Å². The van der Waals surface area contributed by atoms with Crippen molar-refractivity contribution in [3.8, 4) is 0 Å². The van der Waals surface area contributed by atoms with Crippen molar-refractivity contribution in [2.75, 3.05) is 24.3 Å². The van der Waals surface area contributed by atoms with E-state index in [1.165, 1.54) is 0 Å². The van der Waals surface area contributed by atoms with Gasteiger partial charge in [0, 0.05) is 44.5 Å². The molecular formula is C27H38ClN3O2. The smallest absolute Gasteiger partial charge is 0.257 e. The summed E-state index contributed by atoms with van der Waals surface area (Å²) in [4.78, 5) is 30.1.